The number of aromatic hydroxyl groups is 1. The van der Waals surface area contributed by atoms with Crippen LogP contribution in [0.1, 0.15) is 0 Å². The molecule has 0 bridgehead atoms. The van der Waals surface area contributed by atoms with Crippen LogP contribution in [0.25, 0.3) is 10.2 Å². The van der Waals surface area contributed by atoms with E-state index in [1.807, 2.05) is 11.4 Å². The Morgan fingerprint density at radius 3 is 2.67 bits per heavy atom. The minimum Gasteiger partial charge on any atom is -0.508 e. The number of hydrogen-bond acceptors (Lipinski definition) is 5. The van der Waals surface area contributed by atoms with Gasteiger partial charge in [-0.25, -0.2) is 4.98 Å². The standard InChI is InChI=1S/C12H8ClN3OS/c13-12-15-10(9-5-6-18-11(9)16-12)14-7-1-3-8(17)4-2-7/h1-6,17H,(H,14,15,16). The summed E-state index contributed by atoms with van der Waals surface area (Å²) >= 11 is 7.39. The molecule has 0 atom stereocenters. The van der Waals surface area contributed by atoms with Crippen molar-refractivity contribution < 1.29 is 5.11 Å². The summed E-state index contributed by atoms with van der Waals surface area (Å²) in [6.07, 6.45) is 0. The third kappa shape index (κ3) is 2.10. The summed E-state index contributed by atoms with van der Waals surface area (Å²) in [7, 11) is 0. The molecule has 0 aliphatic rings. The molecule has 0 aliphatic carbocycles. The zero-order chi connectivity index (χ0) is 12.5. The molecule has 2 heterocycles. The number of anilines is 2. The molecule has 0 spiro atoms. The Bertz CT molecular complexity index is 696. The lowest BCUT2D eigenvalue weighted by molar-refractivity contribution is 0.475. The molecule has 18 heavy (non-hydrogen) atoms. The summed E-state index contributed by atoms with van der Waals surface area (Å²) in [6.45, 7) is 0. The van der Waals surface area contributed by atoms with Gasteiger partial charge in [0.05, 0.1) is 5.39 Å². The highest BCUT2D eigenvalue weighted by molar-refractivity contribution is 7.16. The van der Waals surface area contributed by atoms with Crippen LogP contribution in [0.4, 0.5) is 11.5 Å². The predicted molar refractivity (Wildman–Crippen MR) is 73.8 cm³/mol. The van der Waals surface area contributed by atoms with Crippen LogP contribution in [0.5, 0.6) is 5.75 Å². The van der Waals surface area contributed by atoms with Crippen LogP contribution in [0, 0.1) is 0 Å². The lowest BCUT2D eigenvalue weighted by Gasteiger charge is -2.07. The van der Waals surface area contributed by atoms with Crippen LogP contribution in [0.2, 0.25) is 5.28 Å². The van der Waals surface area contributed by atoms with Gasteiger partial charge in [0.1, 0.15) is 16.4 Å². The third-order valence-electron chi connectivity index (χ3n) is 2.43. The molecule has 4 nitrogen and oxygen atoms in total. The largest absolute Gasteiger partial charge is 0.508 e. The van der Waals surface area contributed by atoms with Gasteiger partial charge in [0.15, 0.2) is 0 Å². The third-order valence-corrected chi connectivity index (χ3v) is 3.40. The zero-order valence-electron chi connectivity index (χ0n) is 9.09. The van der Waals surface area contributed by atoms with E-state index in [0.29, 0.717) is 5.82 Å². The van der Waals surface area contributed by atoms with Crippen LogP contribution in [0.3, 0.4) is 0 Å². The number of aromatic nitrogens is 2. The second-order valence-electron chi connectivity index (χ2n) is 3.65. The summed E-state index contributed by atoms with van der Waals surface area (Å²) in [5.74, 6) is 0.888. The van der Waals surface area contributed by atoms with Gasteiger partial charge < -0.3 is 10.4 Å². The maximum atomic E-state index is 9.23. The van der Waals surface area contributed by atoms with Crippen molar-refractivity contribution >= 4 is 44.7 Å². The van der Waals surface area contributed by atoms with E-state index in [-0.39, 0.29) is 11.0 Å². The van der Waals surface area contributed by atoms with E-state index in [9.17, 15) is 5.11 Å². The van der Waals surface area contributed by atoms with E-state index >= 15 is 0 Å². The summed E-state index contributed by atoms with van der Waals surface area (Å²) in [4.78, 5) is 9.17. The molecule has 0 saturated heterocycles. The number of hydrogen-bond donors (Lipinski definition) is 2. The van der Waals surface area contributed by atoms with E-state index in [1.54, 1.807) is 24.3 Å². The molecular formula is C12H8ClN3OS. The lowest BCUT2D eigenvalue weighted by Crippen LogP contribution is -1.95. The minimum atomic E-state index is 0.214. The van der Waals surface area contributed by atoms with Gasteiger partial charge in [-0.2, -0.15) is 4.98 Å². The van der Waals surface area contributed by atoms with Gasteiger partial charge in [-0.3, -0.25) is 0 Å². The molecule has 0 saturated carbocycles. The predicted octanol–water partition coefficient (Wildman–Crippen LogP) is 3.79. The van der Waals surface area contributed by atoms with Crippen molar-refractivity contribution in [1.82, 2.24) is 9.97 Å². The van der Waals surface area contributed by atoms with Crippen molar-refractivity contribution in [2.75, 3.05) is 5.32 Å². The average Bonchev–Trinajstić information content (AvgIpc) is 2.80. The first-order valence-electron chi connectivity index (χ1n) is 5.19. The fourth-order valence-electron chi connectivity index (χ4n) is 1.61. The molecule has 6 heteroatoms. The Kier molecular flexibility index (Phi) is 2.77. The average molecular weight is 278 g/mol. The van der Waals surface area contributed by atoms with E-state index < -0.39 is 0 Å². The summed E-state index contributed by atoms with van der Waals surface area (Å²) in [5, 5.41) is 15.5. The zero-order valence-corrected chi connectivity index (χ0v) is 10.7. The Balaban J connectivity index is 2.03. The van der Waals surface area contributed by atoms with Crippen LogP contribution in [-0.2, 0) is 0 Å². The number of thiophene rings is 1. The van der Waals surface area contributed by atoms with Gasteiger partial charge in [-0.1, -0.05) is 0 Å². The summed E-state index contributed by atoms with van der Waals surface area (Å²) < 4.78 is 0. The second-order valence-corrected chi connectivity index (χ2v) is 4.89. The monoisotopic (exact) mass is 277 g/mol. The van der Waals surface area contributed by atoms with Gasteiger partial charge in [0.2, 0.25) is 5.28 Å². The highest BCUT2D eigenvalue weighted by Gasteiger charge is 2.07. The highest BCUT2D eigenvalue weighted by Crippen LogP contribution is 2.28. The first kappa shape index (κ1) is 11.3. The molecule has 0 radical (unpaired) electrons. The number of nitrogens with zero attached hydrogens (tertiary/aromatic N) is 2. The Morgan fingerprint density at radius 1 is 1.11 bits per heavy atom. The molecule has 0 aliphatic heterocycles. The van der Waals surface area contributed by atoms with E-state index in [1.165, 1.54) is 11.3 Å². The van der Waals surface area contributed by atoms with Gasteiger partial charge in [0, 0.05) is 5.69 Å². The SMILES string of the molecule is Oc1ccc(Nc2nc(Cl)nc3sccc23)cc1. The van der Waals surface area contributed by atoms with Crippen molar-refractivity contribution in [3.05, 3.63) is 41.0 Å². The fraction of sp³-hybridized carbons (Fsp3) is 0. The minimum absolute atomic E-state index is 0.214. The number of phenolic OH excluding ortho intramolecular Hbond substituents is 1. The number of benzene rings is 1. The Morgan fingerprint density at radius 2 is 1.89 bits per heavy atom. The Labute approximate surface area is 112 Å². The van der Waals surface area contributed by atoms with Crippen molar-refractivity contribution in [1.29, 1.82) is 0 Å². The lowest BCUT2D eigenvalue weighted by atomic mass is 10.3. The maximum Gasteiger partial charge on any atom is 0.225 e. The van der Waals surface area contributed by atoms with E-state index in [2.05, 4.69) is 15.3 Å². The smallest absolute Gasteiger partial charge is 0.225 e. The van der Waals surface area contributed by atoms with Gasteiger partial charge >= 0.3 is 0 Å². The molecule has 3 aromatic rings. The molecular weight excluding hydrogens is 270 g/mol. The van der Waals surface area contributed by atoms with Crippen molar-refractivity contribution in [2.45, 2.75) is 0 Å². The fourth-order valence-corrected chi connectivity index (χ4v) is 2.59. The molecule has 0 amide bonds. The van der Waals surface area contributed by atoms with Crippen LogP contribution in [-0.4, -0.2) is 15.1 Å². The number of fused-ring (bicyclic) bond motifs is 1. The van der Waals surface area contributed by atoms with Crippen molar-refractivity contribution in [3.63, 3.8) is 0 Å². The topological polar surface area (TPSA) is 58.0 Å². The van der Waals surface area contributed by atoms with E-state index in [0.717, 1.165) is 15.9 Å². The maximum absolute atomic E-state index is 9.23. The van der Waals surface area contributed by atoms with Crippen LogP contribution >= 0.6 is 22.9 Å². The van der Waals surface area contributed by atoms with Gasteiger partial charge in [-0.05, 0) is 47.3 Å². The molecule has 90 valence electrons. The highest BCUT2D eigenvalue weighted by atomic mass is 35.5. The number of nitrogens with one attached hydrogen (secondary N) is 1. The molecule has 0 fully saturated rings. The molecule has 2 aromatic heterocycles. The number of phenols is 1. The van der Waals surface area contributed by atoms with Crippen LogP contribution in [0.15, 0.2) is 35.7 Å². The number of rotatable bonds is 2. The first-order valence-corrected chi connectivity index (χ1v) is 6.45. The quantitative estimate of drug-likeness (QED) is 0.553. The first-order chi connectivity index (χ1) is 8.72. The van der Waals surface area contributed by atoms with Gasteiger partial charge in [0.25, 0.3) is 0 Å². The molecule has 2 N–H and O–H groups in total. The van der Waals surface area contributed by atoms with Crippen LogP contribution < -0.4 is 5.32 Å². The molecule has 0 unspecified atom stereocenters. The van der Waals surface area contributed by atoms with Crippen molar-refractivity contribution in [3.8, 4) is 5.75 Å². The second kappa shape index (κ2) is 4.44. The van der Waals surface area contributed by atoms with Gasteiger partial charge in [-0.15, -0.1) is 11.3 Å². The Hall–Kier alpha value is -1.85. The summed E-state index contributed by atoms with van der Waals surface area (Å²) in [6, 6.07) is 8.69. The van der Waals surface area contributed by atoms with E-state index in [4.69, 9.17) is 11.6 Å². The normalized spacial score (nSPS) is 10.7. The molecule has 1 aromatic carbocycles. The van der Waals surface area contributed by atoms with Crippen molar-refractivity contribution in [2.24, 2.45) is 0 Å². The molecule has 3 rings (SSSR count). The number of halogens is 1. The summed E-state index contributed by atoms with van der Waals surface area (Å²) in [5.41, 5.74) is 0.829.